The monoisotopic (exact) mass is 276 g/mol. The number of aryl methyl sites for hydroxylation is 1. The molecule has 2 aromatic rings. The number of aliphatic hydroxyl groups is 1. The Bertz CT molecular complexity index is 560. The van der Waals surface area contributed by atoms with Crippen molar-refractivity contribution in [1.82, 2.24) is 19.7 Å². The third-order valence-electron chi connectivity index (χ3n) is 3.31. The molecule has 0 saturated heterocycles. The van der Waals surface area contributed by atoms with E-state index in [4.69, 9.17) is 5.11 Å². The van der Waals surface area contributed by atoms with Crippen LogP contribution in [-0.2, 0) is 7.05 Å². The molecule has 1 amide bonds. The van der Waals surface area contributed by atoms with E-state index in [-0.39, 0.29) is 18.6 Å². The lowest BCUT2D eigenvalue weighted by atomic mass is 10.1. The second kappa shape index (κ2) is 6.38. The highest BCUT2D eigenvalue weighted by Crippen LogP contribution is 2.14. The maximum atomic E-state index is 12.4. The molecule has 2 aromatic heterocycles. The van der Waals surface area contributed by atoms with Crippen molar-refractivity contribution in [3.05, 3.63) is 36.3 Å². The van der Waals surface area contributed by atoms with Gasteiger partial charge in [-0.25, -0.2) is 0 Å². The van der Waals surface area contributed by atoms with Gasteiger partial charge in [0.15, 0.2) is 0 Å². The minimum absolute atomic E-state index is 0.0229. The number of aliphatic hydroxyl groups excluding tert-OH is 1. The van der Waals surface area contributed by atoms with Gasteiger partial charge in [-0.1, -0.05) is 6.92 Å². The Hall–Kier alpha value is -2.08. The van der Waals surface area contributed by atoms with Gasteiger partial charge in [-0.15, -0.1) is 0 Å². The van der Waals surface area contributed by atoms with Gasteiger partial charge >= 0.3 is 0 Å². The second-order valence-electron chi connectivity index (χ2n) is 4.69. The number of hydrogen-bond donors (Lipinski definition) is 2. The summed E-state index contributed by atoms with van der Waals surface area (Å²) in [4.78, 5) is 12.4. The number of nitrogens with one attached hydrogen (secondary N) is 1. The summed E-state index contributed by atoms with van der Waals surface area (Å²) in [5, 5.41) is 16.1. The second-order valence-corrected chi connectivity index (χ2v) is 4.69. The van der Waals surface area contributed by atoms with Crippen molar-refractivity contribution in [3.8, 4) is 5.82 Å². The van der Waals surface area contributed by atoms with E-state index in [0.29, 0.717) is 12.0 Å². The Labute approximate surface area is 118 Å². The van der Waals surface area contributed by atoms with Crippen molar-refractivity contribution >= 4 is 5.91 Å². The van der Waals surface area contributed by atoms with E-state index < -0.39 is 0 Å². The van der Waals surface area contributed by atoms with Gasteiger partial charge in [0.05, 0.1) is 6.20 Å². The fourth-order valence-corrected chi connectivity index (χ4v) is 2.17. The molecule has 0 spiro atoms. The number of rotatable bonds is 6. The molecule has 0 aliphatic heterocycles. The maximum absolute atomic E-state index is 12.4. The molecular formula is C14H20N4O2. The van der Waals surface area contributed by atoms with Crippen molar-refractivity contribution < 1.29 is 9.90 Å². The summed E-state index contributed by atoms with van der Waals surface area (Å²) in [6, 6.07) is 3.77. The molecule has 0 aliphatic rings. The lowest BCUT2D eigenvalue weighted by molar-refractivity contribution is 0.0929. The van der Waals surface area contributed by atoms with E-state index >= 15 is 0 Å². The molecule has 0 bridgehead atoms. The van der Waals surface area contributed by atoms with Gasteiger partial charge in [0.1, 0.15) is 11.4 Å². The van der Waals surface area contributed by atoms with Gasteiger partial charge in [-0.05, 0) is 25.0 Å². The first kappa shape index (κ1) is 14.3. The zero-order chi connectivity index (χ0) is 14.5. The first-order valence-corrected chi connectivity index (χ1v) is 6.74. The molecule has 20 heavy (non-hydrogen) atoms. The van der Waals surface area contributed by atoms with E-state index in [1.165, 1.54) is 0 Å². The van der Waals surface area contributed by atoms with Crippen LogP contribution in [-0.4, -0.2) is 38.0 Å². The van der Waals surface area contributed by atoms with Crippen LogP contribution in [0.1, 0.15) is 30.1 Å². The molecular weight excluding hydrogens is 256 g/mol. The van der Waals surface area contributed by atoms with Gasteiger partial charge in [0, 0.05) is 32.1 Å². The van der Waals surface area contributed by atoms with Gasteiger partial charge in [0.25, 0.3) is 5.91 Å². The Kier molecular flexibility index (Phi) is 4.57. The molecule has 0 aliphatic carbocycles. The van der Waals surface area contributed by atoms with E-state index in [9.17, 15) is 4.79 Å². The largest absolute Gasteiger partial charge is 0.396 e. The van der Waals surface area contributed by atoms with Crippen molar-refractivity contribution in [2.45, 2.75) is 25.8 Å². The number of aromatic nitrogens is 3. The third kappa shape index (κ3) is 2.91. The molecule has 2 N–H and O–H groups in total. The third-order valence-corrected chi connectivity index (χ3v) is 3.31. The molecule has 0 saturated carbocycles. The molecule has 0 radical (unpaired) electrons. The Balaban J connectivity index is 2.23. The Morgan fingerprint density at radius 1 is 1.45 bits per heavy atom. The molecule has 6 heteroatoms. The van der Waals surface area contributed by atoms with E-state index in [1.807, 2.05) is 36.0 Å². The van der Waals surface area contributed by atoms with E-state index in [2.05, 4.69) is 10.4 Å². The molecule has 2 rings (SSSR count). The summed E-state index contributed by atoms with van der Waals surface area (Å²) in [6.45, 7) is 2.05. The number of carbonyl (C=O) groups is 1. The summed E-state index contributed by atoms with van der Waals surface area (Å²) >= 11 is 0. The van der Waals surface area contributed by atoms with Crippen molar-refractivity contribution in [3.63, 3.8) is 0 Å². The highest BCUT2D eigenvalue weighted by molar-refractivity contribution is 5.97. The molecule has 0 aromatic carbocycles. The van der Waals surface area contributed by atoms with Crippen LogP contribution in [0.3, 0.4) is 0 Å². The van der Waals surface area contributed by atoms with Crippen LogP contribution in [0.15, 0.2) is 30.7 Å². The first-order chi connectivity index (χ1) is 9.67. The smallest absolute Gasteiger partial charge is 0.256 e. The Morgan fingerprint density at radius 3 is 2.75 bits per heavy atom. The lowest BCUT2D eigenvalue weighted by Gasteiger charge is -2.16. The summed E-state index contributed by atoms with van der Waals surface area (Å²) in [5.41, 5.74) is 0.528. The van der Waals surface area contributed by atoms with Crippen LogP contribution in [0, 0.1) is 0 Å². The van der Waals surface area contributed by atoms with Gasteiger partial charge < -0.3 is 15.0 Å². The number of hydrogen-bond acceptors (Lipinski definition) is 3. The topological polar surface area (TPSA) is 72.1 Å². The van der Waals surface area contributed by atoms with Crippen molar-refractivity contribution in [2.75, 3.05) is 6.61 Å². The zero-order valence-corrected chi connectivity index (χ0v) is 11.8. The van der Waals surface area contributed by atoms with E-state index in [0.717, 1.165) is 12.2 Å². The van der Waals surface area contributed by atoms with Crippen molar-refractivity contribution in [2.24, 2.45) is 7.05 Å². The zero-order valence-electron chi connectivity index (χ0n) is 11.8. The number of amides is 1. The van der Waals surface area contributed by atoms with Crippen LogP contribution in [0.2, 0.25) is 0 Å². The number of carbonyl (C=O) groups excluding carboxylic acids is 1. The summed E-state index contributed by atoms with van der Waals surface area (Å²) in [5.74, 6) is 0.563. The van der Waals surface area contributed by atoms with E-state index in [1.54, 1.807) is 17.9 Å². The van der Waals surface area contributed by atoms with Gasteiger partial charge in [0.2, 0.25) is 0 Å². The molecule has 2 heterocycles. The number of nitrogens with zero attached hydrogens (tertiary/aromatic N) is 3. The summed E-state index contributed by atoms with van der Waals surface area (Å²) in [6.07, 6.45) is 6.65. The van der Waals surface area contributed by atoms with Gasteiger partial charge in [-0.2, -0.15) is 5.10 Å². The Morgan fingerprint density at radius 2 is 2.15 bits per heavy atom. The fraction of sp³-hybridized carbons (Fsp3) is 0.429. The van der Waals surface area contributed by atoms with Gasteiger partial charge in [-0.3, -0.25) is 9.48 Å². The highest BCUT2D eigenvalue weighted by atomic mass is 16.3. The maximum Gasteiger partial charge on any atom is 0.256 e. The van der Waals surface area contributed by atoms with Crippen LogP contribution in [0.5, 0.6) is 0 Å². The molecule has 0 fully saturated rings. The first-order valence-electron chi connectivity index (χ1n) is 6.74. The lowest BCUT2D eigenvalue weighted by Crippen LogP contribution is -2.35. The summed E-state index contributed by atoms with van der Waals surface area (Å²) < 4.78 is 3.52. The highest BCUT2D eigenvalue weighted by Gasteiger charge is 2.19. The molecule has 1 unspecified atom stereocenters. The predicted molar refractivity (Wildman–Crippen MR) is 75.8 cm³/mol. The molecule has 6 nitrogen and oxygen atoms in total. The SMILES string of the molecule is CCC(CCO)NC(=O)c1cnn(C)c1-n1cccc1. The minimum Gasteiger partial charge on any atom is -0.396 e. The average molecular weight is 276 g/mol. The van der Waals surface area contributed by atoms with Crippen LogP contribution in [0.25, 0.3) is 5.82 Å². The fourth-order valence-electron chi connectivity index (χ4n) is 2.17. The minimum atomic E-state index is -0.165. The molecule has 1 atom stereocenters. The average Bonchev–Trinajstić information content (AvgIpc) is 3.06. The summed E-state index contributed by atoms with van der Waals surface area (Å²) in [7, 11) is 1.80. The van der Waals surface area contributed by atoms with Crippen LogP contribution in [0.4, 0.5) is 0 Å². The van der Waals surface area contributed by atoms with Crippen LogP contribution >= 0.6 is 0 Å². The standard InChI is InChI=1S/C14H20N4O2/c1-3-11(6-9-19)16-13(20)12-10-15-17(2)14(12)18-7-4-5-8-18/h4-5,7-8,10-11,19H,3,6,9H2,1-2H3,(H,16,20). The van der Waals surface area contributed by atoms with Crippen LogP contribution < -0.4 is 5.32 Å². The van der Waals surface area contributed by atoms with Crippen molar-refractivity contribution in [1.29, 1.82) is 0 Å². The predicted octanol–water partition coefficient (Wildman–Crippen LogP) is 1.10. The quantitative estimate of drug-likeness (QED) is 0.830. The molecule has 108 valence electrons. The normalized spacial score (nSPS) is 12.3.